The molecule has 0 heterocycles. The Bertz CT molecular complexity index is 521. The second-order valence-corrected chi connectivity index (χ2v) is 5.49. The fourth-order valence-corrected chi connectivity index (χ4v) is 3.34. The summed E-state index contributed by atoms with van der Waals surface area (Å²) in [6, 6.07) is 1.81. The fourth-order valence-electron chi connectivity index (χ4n) is 2.49. The summed E-state index contributed by atoms with van der Waals surface area (Å²) in [5, 5.41) is 9.47. The van der Waals surface area contributed by atoms with E-state index in [-0.39, 0.29) is 0 Å². The first-order valence-corrected chi connectivity index (χ1v) is 6.98. The monoisotopic (exact) mass is 328 g/mol. The molecule has 19 heavy (non-hydrogen) atoms. The van der Waals surface area contributed by atoms with E-state index < -0.39 is 11.4 Å². The average Bonchev–Trinajstić information content (AvgIpc) is 3.18. The van der Waals surface area contributed by atoms with Crippen LogP contribution in [-0.2, 0) is 16.6 Å². The lowest BCUT2D eigenvalue weighted by Gasteiger charge is -2.20. The van der Waals surface area contributed by atoms with E-state index in [4.69, 9.17) is 9.47 Å². The Balaban J connectivity index is 2.68. The lowest BCUT2D eigenvalue weighted by atomic mass is 9.89. The smallest absolute Gasteiger partial charge is 0.314 e. The van der Waals surface area contributed by atoms with Crippen LogP contribution in [0.4, 0.5) is 0 Å². The zero-order valence-electron chi connectivity index (χ0n) is 11.2. The van der Waals surface area contributed by atoms with Gasteiger partial charge in [0, 0.05) is 0 Å². The zero-order chi connectivity index (χ0) is 14.2. The molecule has 0 aromatic heterocycles. The van der Waals surface area contributed by atoms with Crippen molar-refractivity contribution < 1.29 is 19.4 Å². The van der Waals surface area contributed by atoms with Crippen molar-refractivity contribution in [3.05, 3.63) is 21.7 Å². The summed E-state index contributed by atoms with van der Waals surface area (Å²) in [6.45, 7) is 2.01. The molecule has 5 heteroatoms. The highest BCUT2D eigenvalue weighted by molar-refractivity contribution is 9.10. The van der Waals surface area contributed by atoms with Crippen LogP contribution in [-0.4, -0.2) is 25.3 Å². The quantitative estimate of drug-likeness (QED) is 0.902. The zero-order valence-corrected chi connectivity index (χ0v) is 12.8. The highest BCUT2D eigenvalue weighted by Gasteiger charge is 2.53. The van der Waals surface area contributed by atoms with E-state index in [2.05, 4.69) is 15.9 Å². The van der Waals surface area contributed by atoms with Crippen molar-refractivity contribution in [1.82, 2.24) is 0 Å². The van der Waals surface area contributed by atoms with Gasteiger partial charge in [-0.2, -0.15) is 0 Å². The number of carbonyl (C=O) groups is 1. The number of halogens is 1. The van der Waals surface area contributed by atoms with Crippen LogP contribution < -0.4 is 9.47 Å². The highest BCUT2D eigenvalue weighted by Crippen LogP contribution is 2.53. The number of ether oxygens (including phenoxy) is 2. The maximum Gasteiger partial charge on any atom is 0.314 e. The van der Waals surface area contributed by atoms with Crippen molar-refractivity contribution in [2.45, 2.75) is 31.6 Å². The van der Waals surface area contributed by atoms with Crippen molar-refractivity contribution >= 4 is 21.9 Å². The number of carboxylic acid groups (broad SMARTS) is 1. The summed E-state index contributed by atoms with van der Waals surface area (Å²) in [5.41, 5.74) is 1.08. The van der Waals surface area contributed by atoms with Gasteiger partial charge in [0.05, 0.1) is 24.1 Å². The minimum atomic E-state index is -0.763. The van der Waals surface area contributed by atoms with E-state index in [9.17, 15) is 9.90 Å². The minimum Gasteiger partial charge on any atom is -0.493 e. The summed E-state index contributed by atoms with van der Waals surface area (Å²) in [4.78, 5) is 11.5. The highest BCUT2D eigenvalue weighted by atomic mass is 79.9. The maximum absolute atomic E-state index is 11.5. The first-order valence-electron chi connectivity index (χ1n) is 6.19. The first kappa shape index (κ1) is 14.2. The molecule has 1 aliphatic carbocycles. The molecule has 1 saturated carbocycles. The third kappa shape index (κ3) is 2.10. The standard InChI is InChI=1S/C14H17BrO4/c1-4-8-9(14(5-6-14)13(16)17)7-10(18-2)12(19-3)11(8)15/h7H,4-6H2,1-3H3,(H,16,17). The van der Waals surface area contributed by atoms with Gasteiger partial charge in [-0.05, 0) is 52.4 Å². The van der Waals surface area contributed by atoms with Crippen molar-refractivity contribution in [2.24, 2.45) is 0 Å². The molecule has 1 aromatic carbocycles. The maximum atomic E-state index is 11.5. The lowest BCUT2D eigenvalue weighted by molar-refractivity contribution is -0.140. The topological polar surface area (TPSA) is 55.8 Å². The van der Waals surface area contributed by atoms with Crippen LogP contribution in [0.15, 0.2) is 10.5 Å². The van der Waals surface area contributed by atoms with Crippen molar-refractivity contribution in [3.8, 4) is 11.5 Å². The molecule has 0 unspecified atom stereocenters. The molecular weight excluding hydrogens is 312 g/mol. The van der Waals surface area contributed by atoms with Gasteiger partial charge < -0.3 is 14.6 Å². The van der Waals surface area contributed by atoms with Crippen LogP contribution in [0.25, 0.3) is 0 Å². The van der Waals surface area contributed by atoms with Gasteiger partial charge in [0.25, 0.3) is 0 Å². The second-order valence-electron chi connectivity index (χ2n) is 4.69. The van der Waals surface area contributed by atoms with Gasteiger partial charge in [0.1, 0.15) is 0 Å². The van der Waals surface area contributed by atoms with Gasteiger partial charge in [-0.1, -0.05) is 6.92 Å². The minimum absolute atomic E-state index is 0.564. The normalized spacial score (nSPS) is 16.0. The molecule has 0 amide bonds. The van der Waals surface area contributed by atoms with Gasteiger partial charge in [-0.3, -0.25) is 4.79 Å². The Hall–Kier alpha value is -1.23. The van der Waals surface area contributed by atoms with E-state index >= 15 is 0 Å². The van der Waals surface area contributed by atoms with E-state index in [1.807, 2.05) is 13.0 Å². The van der Waals surface area contributed by atoms with Crippen molar-refractivity contribution in [1.29, 1.82) is 0 Å². The molecule has 104 valence electrons. The Morgan fingerprint density at radius 3 is 2.42 bits per heavy atom. The number of carboxylic acids is 1. The Morgan fingerprint density at radius 1 is 1.42 bits per heavy atom. The number of methoxy groups -OCH3 is 2. The number of rotatable bonds is 5. The lowest BCUT2D eigenvalue weighted by Crippen LogP contribution is -2.21. The van der Waals surface area contributed by atoms with Crippen molar-refractivity contribution in [3.63, 3.8) is 0 Å². The summed E-state index contributed by atoms with van der Waals surface area (Å²) in [5.74, 6) is 0.416. The number of hydrogen-bond acceptors (Lipinski definition) is 3. The van der Waals surface area contributed by atoms with Gasteiger partial charge in [-0.25, -0.2) is 0 Å². The van der Waals surface area contributed by atoms with Crippen LogP contribution in [0.2, 0.25) is 0 Å². The Labute approximate surface area is 120 Å². The largest absolute Gasteiger partial charge is 0.493 e. The Morgan fingerprint density at radius 2 is 2.05 bits per heavy atom. The number of aliphatic carboxylic acids is 1. The SMILES string of the molecule is CCc1c(C2(C(=O)O)CC2)cc(OC)c(OC)c1Br. The van der Waals surface area contributed by atoms with E-state index in [1.165, 1.54) is 0 Å². The third-order valence-corrected chi connectivity index (χ3v) is 4.58. The van der Waals surface area contributed by atoms with E-state index in [0.29, 0.717) is 24.3 Å². The van der Waals surface area contributed by atoms with Crippen LogP contribution in [0.3, 0.4) is 0 Å². The predicted molar refractivity (Wildman–Crippen MR) is 75.2 cm³/mol. The molecule has 2 rings (SSSR count). The van der Waals surface area contributed by atoms with E-state index in [0.717, 1.165) is 22.0 Å². The summed E-state index contributed by atoms with van der Waals surface area (Å²) in [7, 11) is 3.13. The summed E-state index contributed by atoms with van der Waals surface area (Å²) < 4.78 is 11.4. The van der Waals surface area contributed by atoms with Gasteiger partial charge >= 0.3 is 5.97 Å². The van der Waals surface area contributed by atoms with Crippen molar-refractivity contribution in [2.75, 3.05) is 14.2 Å². The third-order valence-electron chi connectivity index (χ3n) is 3.74. The second kappa shape index (κ2) is 5.04. The summed E-state index contributed by atoms with van der Waals surface area (Å²) >= 11 is 3.52. The number of hydrogen-bond donors (Lipinski definition) is 1. The van der Waals surface area contributed by atoms with Crippen LogP contribution >= 0.6 is 15.9 Å². The molecule has 1 fully saturated rings. The fraction of sp³-hybridized carbons (Fsp3) is 0.500. The molecular formula is C14H17BrO4. The molecule has 1 aromatic rings. The molecule has 0 saturated heterocycles. The van der Waals surface area contributed by atoms with E-state index in [1.54, 1.807) is 14.2 Å². The summed E-state index contributed by atoms with van der Waals surface area (Å²) in [6.07, 6.45) is 2.10. The molecule has 1 aliphatic rings. The molecule has 1 N–H and O–H groups in total. The molecule has 0 spiro atoms. The first-order chi connectivity index (χ1) is 9.01. The molecule has 4 nitrogen and oxygen atoms in total. The van der Waals surface area contributed by atoms with Crippen LogP contribution in [0.1, 0.15) is 30.9 Å². The molecule has 0 radical (unpaired) electrons. The van der Waals surface area contributed by atoms with Gasteiger partial charge in [0.2, 0.25) is 0 Å². The molecule has 0 aliphatic heterocycles. The number of benzene rings is 1. The van der Waals surface area contributed by atoms with Gasteiger partial charge in [-0.15, -0.1) is 0 Å². The van der Waals surface area contributed by atoms with Crippen LogP contribution in [0, 0.1) is 0 Å². The molecule has 0 bridgehead atoms. The van der Waals surface area contributed by atoms with Crippen LogP contribution in [0.5, 0.6) is 11.5 Å². The average molecular weight is 329 g/mol. The predicted octanol–water partition coefficient (Wildman–Crippen LogP) is 3.14. The Kier molecular flexibility index (Phi) is 3.76. The van der Waals surface area contributed by atoms with Gasteiger partial charge in [0.15, 0.2) is 11.5 Å². The molecule has 0 atom stereocenters.